The zero-order valence-corrected chi connectivity index (χ0v) is 17.0. The van der Waals surface area contributed by atoms with Gasteiger partial charge in [0.15, 0.2) is 0 Å². The molecule has 3 rings (SSSR count). The molecule has 1 aliphatic heterocycles. The molecule has 1 saturated heterocycles. The zero-order valence-electron chi connectivity index (χ0n) is 15.4. The fourth-order valence-electron chi connectivity index (χ4n) is 3.86. The molecule has 0 spiro atoms. The van der Waals surface area contributed by atoms with Crippen molar-refractivity contribution in [1.29, 1.82) is 0 Å². The summed E-state index contributed by atoms with van der Waals surface area (Å²) < 4.78 is 0. The number of likely N-dealkylation sites (N-methyl/N-ethyl adjacent to an activating group) is 1. The molecule has 0 saturated carbocycles. The number of carbonyl (C=O) groups excluding carboxylic acids is 1. The molecular formula is C20H28ClN3OS+2. The molecule has 0 bridgehead atoms. The van der Waals surface area contributed by atoms with Crippen LogP contribution in [0.4, 0.5) is 0 Å². The van der Waals surface area contributed by atoms with E-state index in [0.29, 0.717) is 10.6 Å². The van der Waals surface area contributed by atoms with E-state index >= 15 is 0 Å². The molecule has 6 heteroatoms. The second-order valence-electron chi connectivity index (χ2n) is 7.03. The first-order valence-corrected chi connectivity index (χ1v) is 10.6. The van der Waals surface area contributed by atoms with Gasteiger partial charge < -0.3 is 15.1 Å². The summed E-state index contributed by atoms with van der Waals surface area (Å²) in [6.07, 6.45) is 0. The highest BCUT2D eigenvalue weighted by atomic mass is 35.5. The van der Waals surface area contributed by atoms with Crippen molar-refractivity contribution in [3.63, 3.8) is 0 Å². The molecular weight excluding hydrogens is 366 g/mol. The summed E-state index contributed by atoms with van der Waals surface area (Å²) in [5, 5.41) is 5.93. The van der Waals surface area contributed by atoms with Gasteiger partial charge in [-0.15, -0.1) is 11.3 Å². The molecule has 2 heterocycles. The first kappa shape index (κ1) is 19.4. The number of hydrogen-bond acceptors (Lipinski definition) is 2. The van der Waals surface area contributed by atoms with Gasteiger partial charge in [0.1, 0.15) is 32.2 Å². The van der Waals surface area contributed by atoms with Crippen LogP contribution < -0.4 is 15.1 Å². The smallest absolute Gasteiger partial charge is 0.251 e. The SMILES string of the molecule is CC[NH+]1CC[NH+]([C@@H](c2cccs2)[C@@H](C)NC(=O)c2cccc(Cl)c2)CC1. The van der Waals surface area contributed by atoms with Gasteiger partial charge in [0.25, 0.3) is 5.91 Å². The minimum Gasteiger partial charge on any atom is -0.343 e. The van der Waals surface area contributed by atoms with Crippen LogP contribution in [0, 0.1) is 0 Å². The van der Waals surface area contributed by atoms with Crippen LogP contribution in [0.5, 0.6) is 0 Å². The van der Waals surface area contributed by atoms with Crippen molar-refractivity contribution in [3.05, 3.63) is 57.2 Å². The predicted molar refractivity (Wildman–Crippen MR) is 107 cm³/mol. The van der Waals surface area contributed by atoms with Gasteiger partial charge in [0, 0.05) is 10.6 Å². The Kier molecular flexibility index (Phi) is 6.70. The predicted octanol–water partition coefficient (Wildman–Crippen LogP) is 1.06. The lowest BCUT2D eigenvalue weighted by Gasteiger charge is -2.36. The number of rotatable bonds is 6. The van der Waals surface area contributed by atoms with E-state index in [-0.39, 0.29) is 18.0 Å². The Bertz CT molecular complexity index is 714. The molecule has 4 nitrogen and oxygen atoms in total. The molecule has 1 amide bonds. The van der Waals surface area contributed by atoms with Crippen LogP contribution >= 0.6 is 22.9 Å². The van der Waals surface area contributed by atoms with Crippen molar-refractivity contribution >= 4 is 28.8 Å². The Morgan fingerprint density at radius 1 is 1.23 bits per heavy atom. The number of benzene rings is 1. The number of nitrogens with one attached hydrogen (secondary N) is 3. The molecule has 140 valence electrons. The van der Waals surface area contributed by atoms with Gasteiger partial charge in [-0.25, -0.2) is 0 Å². The number of thiophene rings is 1. The highest BCUT2D eigenvalue weighted by Gasteiger charge is 2.35. The normalized spacial score (nSPS) is 22.6. The highest BCUT2D eigenvalue weighted by molar-refractivity contribution is 7.10. The summed E-state index contributed by atoms with van der Waals surface area (Å²) in [7, 11) is 0. The zero-order chi connectivity index (χ0) is 18.5. The Morgan fingerprint density at radius 3 is 2.62 bits per heavy atom. The summed E-state index contributed by atoms with van der Waals surface area (Å²) in [6.45, 7) is 10.2. The Hall–Kier alpha value is -1.40. The number of hydrogen-bond donors (Lipinski definition) is 3. The molecule has 1 aromatic heterocycles. The molecule has 3 N–H and O–H groups in total. The van der Waals surface area contributed by atoms with Crippen LogP contribution in [-0.2, 0) is 0 Å². The third kappa shape index (κ3) is 4.65. The first-order valence-electron chi connectivity index (χ1n) is 9.36. The van der Waals surface area contributed by atoms with Gasteiger partial charge in [-0.05, 0) is 43.5 Å². The van der Waals surface area contributed by atoms with Crippen LogP contribution in [0.25, 0.3) is 0 Å². The Morgan fingerprint density at radius 2 is 2.00 bits per heavy atom. The van der Waals surface area contributed by atoms with Crippen LogP contribution in [0.3, 0.4) is 0 Å². The number of carbonyl (C=O) groups is 1. The van der Waals surface area contributed by atoms with E-state index in [1.165, 1.54) is 24.5 Å². The topological polar surface area (TPSA) is 38.0 Å². The van der Waals surface area contributed by atoms with E-state index in [1.54, 1.807) is 33.3 Å². The van der Waals surface area contributed by atoms with Crippen LogP contribution in [-0.4, -0.2) is 44.7 Å². The molecule has 0 unspecified atom stereocenters. The van der Waals surface area contributed by atoms with Crippen molar-refractivity contribution in [2.24, 2.45) is 0 Å². The van der Waals surface area contributed by atoms with Crippen molar-refractivity contribution in [1.82, 2.24) is 5.32 Å². The molecule has 0 aliphatic carbocycles. The maximum Gasteiger partial charge on any atom is 0.251 e. The lowest BCUT2D eigenvalue weighted by atomic mass is 10.0. The van der Waals surface area contributed by atoms with E-state index in [1.807, 2.05) is 12.1 Å². The summed E-state index contributed by atoms with van der Waals surface area (Å²) >= 11 is 7.82. The maximum atomic E-state index is 12.7. The van der Waals surface area contributed by atoms with Gasteiger partial charge in [0.05, 0.1) is 17.5 Å². The van der Waals surface area contributed by atoms with Gasteiger partial charge >= 0.3 is 0 Å². The lowest BCUT2D eigenvalue weighted by Crippen LogP contribution is -3.28. The van der Waals surface area contributed by atoms with Crippen LogP contribution in [0.2, 0.25) is 5.02 Å². The molecule has 1 aliphatic rings. The van der Waals surface area contributed by atoms with Crippen LogP contribution in [0.1, 0.15) is 35.1 Å². The summed E-state index contributed by atoms with van der Waals surface area (Å²) in [5.74, 6) is -0.0567. The summed E-state index contributed by atoms with van der Waals surface area (Å²) in [6, 6.07) is 11.8. The quantitative estimate of drug-likeness (QED) is 0.674. The van der Waals surface area contributed by atoms with Gasteiger partial charge in [0.2, 0.25) is 0 Å². The van der Waals surface area contributed by atoms with E-state index < -0.39 is 0 Å². The molecule has 1 fully saturated rings. The fourth-order valence-corrected chi connectivity index (χ4v) is 5.04. The Balaban J connectivity index is 1.73. The fraction of sp³-hybridized carbons (Fsp3) is 0.450. The number of amides is 1. The second-order valence-corrected chi connectivity index (χ2v) is 8.44. The van der Waals surface area contributed by atoms with Crippen molar-refractivity contribution in [3.8, 4) is 0 Å². The lowest BCUT2D eigenvalue weighted by molar-refractivity contribution is -1.03. The van der Waals surface area contributed by atoms with Gasteiger partial charge in [-0.1, -0.05) is 23.7 Å². The summed E-state index contributed by atoms with van der Waals surface area (Å²) in [5.41, 5.74) is 0.615. The third-order valence-electron chi connectivity index (χ3n) is 5.33. The minimum absolute atomic E-state index is 0.0540. The summed E-state index contributed by atoms with van der Waals surface area (Å²) in [4.78, 5) is 17.3. The molecule has 26 heavy (non-hydrogen) atoms. The molecule has 2 aromatic rings. The number of quaternary nitrogens is 2. The molecule has 2 atom stereocenters. The number of piperazine rings is 1. The largest absolute Gasteiger partial charge is 0.343 e. The average Bonchev–Trinajstić information content (AvgIpc) is 3.16. The van der Waals surface area contributed by atoms with Crippen LogP contribution in [0.15, 0.2) is 41.8 Å². The number of halogens is 1. The monoisotopic (exact) mass is 393 g/mol. The van der Waals surface area contributed by atoms with E-state index in [0.717, 1.165) is 13.1 Å². The van der Waals surface area contributed by atoms with Crippen molar-refractivity contribution < 1.29 is 14.6 Å². The standard InChI is InChI=1S/C20H26ClN3OS/c1-3-23-9-11-24(12-10-23)19(18-8-5-13-26-18)15(2)22-20(25)16-6-4-7-17(21)14-16/h4-8,13-15,19H,3,9-12H2,1-2H3,(H,22,25)/p+2/t15-,19-/m1/s1. The maximum absolute atomic E-state index is 12.7. The van der Waals surface area contributed by atoms with Crippen molar-refractivity contribution in [2.75, 3.05) is 32.7 Å². The average molecular weight is 394 g/mol. The van der Waals surface area contributed by atoms with E-state index in [9.17, 15) is 4.79 Å². The Labute approximate surface area is 164 Å². The first-order chi connectivity index (χ1) is 12.6. The molecule has 1 aromatic carbocycles. The van der Waals surface area contributed by atoms with Gasteiger partial charge in [-0.2, -0.15) is 0 Å². The second kappa shape index (κ2) is 9.00. The highest BCUT2D eigenvalue weighted by Crippen LogP contribution is 2.20. The molecule has 0 radical (unpaired) electrons. The minimum atomic E-state index is -0.0567. The van der Waals surface area contributed by atoms with Crippen molar-refractivity contribution in [2.45, 2.75) is 25.9 Å². The van der Waals surface area contributed by atoms with E-state index in [4.69, 9.17) is 11.6 Å². The third-order valence-corrected chi connectivity index (χ3v) is 6.52. The van der Waals surface area contributed by atoms with E-state index in [2.05, 4.69) is 36.7 Å². The van der Waals surface area contributed by atoms with Gasteiger partial charge in [-0.3, -0.25) is 4.79 Å².